The monoisotopic (exact) mass is 407 g/mol. The van der Waals surface area contributed by atoms with Crippen LogP contribution in [0.1, 0.15) is 35.3 Å². The van der Waals surface area contributed by atoms with Crippen LogP contribution in [0.3, 0.4) is 0 Å². The van der Waals surface area contributed by atoms with Gasteiger partial charge in [-0.05, 0) is 11.6 Å². The average molecular weight is 407 g/mol. The minimum absolute atomic E-state index is 0. The maximum atomic E-state index is 12.0. The van der Waals surface area contributed by atoms with Crippen molar-refractivity contribution in [2.24, 2.45) is 5.73 Å². The zero-order valence-electron chi connectivity index (χ0n) is 15.0. The van der Waals surface area contributed by atoms with E-state index in [9.17, 15) is 34.6 Å². The van der Waals surface area contributed by atoms with Gasteiger partial charge in [-0.1, -0.05) is 25.5 Å². The van der Waals surface area contributed by atoms with E-state index in [4.69, 9.17) is 10.5 Å². The molecule has 10 nitrogen and oxygen atoms in total. The van der Waals surface area contributed by atoms with Crippen LogP contribution in [0.25, 0.3) is 0 Å². The second kappa shape index (κ2) is 8.40. The van der Waals surface area contributed by atoms with Gasteiger partial charge in [-0.25, -0.2) is 0 Å². The molecule has 29 heavy (non-hydrogen) atoms. The molecule has 1 fully saturated rings. The van der Waals surface area contributed by atoms with Crippen molar-refractivity contribution in [3.8, 4) is 5.75 Å². The summed E-state index contributed by atoms with van der Waals surface area (Å²) < 4.78 is 5.68. The third kappa shape index (κ3) is 4.87. The van der Waals surface area contributed by atoms with Gasteiger partial charge in [0.2, 0.25) is 12.5 Å². The van der Waals surface area contributed by atoms with E-state index in [1.54, 1.807) is 6.07 Å². The molecule has 3 rings (SSSR count). The Morgan fingerprint density at radius 1 is 1.28 bits per heavy atom. The van der Waals surface area contributed by atoms with Crippen molar-refractivity contribution in [1.29, 1.82) is 0 Å². The normalized spacial score (nSPS) is 18.7. The first-order valence-electron chi connectivity index (χ1n) is 8.97. The summed E-state index contributed by atoms with van der Waals surface area (Å²) in [5.41, 5.74) is 6.28. The molecule has 1 aromatic carbocycles. The molecular weight excluding hydrogens is 383 g/mol. The van der Waals surface area contributed by atoms with Gasteiger partial charge in [-0.3, -0.25) is 4.79 Å². The zero-order valence-corrected chi connectivity index (χ0v) is 15.0. The Morgan fingerprint density at radius 2 is 1.93 bits per heavy atom. The van der Waals surface area contributed by atoms with Crippen LogP contribution in [0.4, 0.5) is 0 Å². The maximum absolute atomic E-state index is 12.0. The molecule has 0 radical (unpaired) electrons. The van der Waals surface area contributed by atoms with E-state index < -0.39 is 43.0 Å². The van der Waals surface area contributed by atoms with Crippen LogP contribution >= 0.6 is 0 Å². The van der Waals surface area contributed by atoms with E-state index in [1.807, 2.05) is 0 Å². The molecule has 0 aromatic heterocycles. The first-order chi connectivity index (χ1) is 13.1. The molecule has 160 valence electrons. The molecule has 0 bridgehead atoms. The van der Waals surface area contributed by atoms with Crippen LogP contribution in [-0.4, -0.2) is 64.6 Å². The largest absolute Gasteiger partial charge is 0.583 e. The van der Waals surface area contributed by atoms with Crippen LogP contribution < -0.4 is 20.7 Å². The molecule has 1 amide bonds. The lowest BCUT2D eigenvalue weighted by atomic mass is 9.47. The van der Waals surface area contributed by atoms with Crippen LogP contribution in [0, 0.1) is 0 Å². The lowest BCUT2D eigenvalue weighted by Gasteiger charge is -2.41. The highest BCUT2D eigenvalue weighted by Crippen LogP contribution is 2.34. The number of fused-ring (bicyclic) bond motifs is 1. The third-order valence-corrected chi connectivity index (χ3v) is 5.14. The number of ether oxygens (including phenoxy) is 1. The Hall–Kier alpha value is -2.63. The van der Waals surface area contributed by atoms with Crippen molar-refractivity contribution in [3.05, 3.63) is 28.8 Å². The highest BCUT2D eigenvalue weighted by molar-refractivity contribution is 6.64. The second-order valence-corrected chi connectivity index (χ2v) is 7.41. The summed E-state index contributed by atoms with van der Waals surface area (Å²) in [5, 5.41) is 42.1. The Labute approximate surface area is 167 Å². The van der Waals surface area contributed by atoms with Gasteiger partial charge in [0.05, 0.1) is 25.1 Å². The quantitative estimate of drug-likeness (QED) is 0.410. The summed E-state index contributed by atoms with van der Waals surface area (Å²) in [6, 6.07) is 1.96. The number of nitrogens with two attached hydrogens (primary N) is 1. The Bertz CT molecular complexity index is 822. The predicted octanol–water partition coefficient (Wildman–Crippen LogP) is -3.19. The molecule has 1 saturated heterocycles. The number of aryl methyl sites for hydroxylation is 1. The van der Waals surface area contributed by atoms with E-state index in [0.717, 1.165) is 0 Å². The number of carboxylic acid groups (broad SMARTS) is 2. The molecule has 1 aromatic rings. The number of hydrogen-bond acceptors (Lipinski definition) is 9. The van der Waals surface area contributed by atoms with Crippen LogP contribution in [0.2, 0.25) is 6.32 Å². The number of carboxylic acids is 2. The number of carbonyl (C=O) groups is 3. The molecule has 1 atom stereocenters. The van der Waals surface area contributed by atoms with Crippen LogP contribution in [-0.2, 0) is 22.3 Å². The number of nitrogens with zero attached hydrogens (tertiary/aromatic N) is 1. The third-order valence-electron chi connectivity index (χ3n) is 5.14. The highest BCUT2D eigenvalue weighted by Gasteiger charge is 2.36. The number of amides is 1. The van der Waals surface area contributed by atoms with Gasteiger partial charge in [0, 0.05) is 18.0 Å². The smallest absolute Gasteiger partial charge is 0.240 e. The van der Waals surface area contributed by atoms with Gasteiger partial charge < -0.3 is 45.2 Å². The average Bonchev–Trinajstić information content (AvgIpc) is 2.54. The number of rotatable bonds is 6. The molecule has 2 aliphatic rings. The summed E-state index contributed by atoms with van der Waals surface area (Å²) in [6.07, 6.45) is -0.788. The first-order valence-corrected chi connectivity index (χ1v) is 8.97. The fraction of sp³-hybridized carbons (Fsp3) is 0.500. The fourth-order valence-electron chi connectivity index (χ4n) is 3.65. The SMILES string of the molecule is C.N[C@@H](CC(=O)[O-])C(=O)N1CC(Oc2ccc3c(c2C(=O)[O-])C[B-](O)(O)CC3)C1. The van der Waals surface area contributed by atoms with Crippen LogP contribution in [0.5, 0.6) is 5.75 Å². The van der Waals surface area contributed by atoms with Crippen LogP contribution in [0.15, 0.2) is 12.1 Å². The van der Waals surface area contributed by atoms with Gasteiger partial charge >= 0.3 is 0 Å². The van der Waals surface area contributed by atoms with Crippen molar-refractivity contribution in [1.82, 2.24) is 4.90 Å². The number of likely N-dealkylation sites (tertiary alicyclic amines) is 1. The Balaban J connectivity index is 0.00000300. The predicted molar refractivity (Wildman–Crippen MR) is 98.5 cm³/mol. The van der Waals surface area contributed by atoms with E-state index in [-0.39, 0.29) is 50.0 Å². The zero-order chi connectivity index (χ0) is 20.6. The highest BCUT2D eigenvalue weighted by atomic mass is 16.5. The van der Waals surface area contributed by atoms with E-state index in [2.05, 4.69) is 0 Å². The van der Waals surface area contributed by atoms with E-state index >= 15 is 0 Å². The summed E-state index contributed by atoms with van der Waals surface area (Å²) >= 11 is 0. The Morgan fingerprint density at radius 3 is 2.52 bits per heavy atom. The van der Waals surface area contributed by atoms with Gasteiger partial charge in [0.15, 0.2) is 0 Å². The topological polar surface area (TPSA) is 176 Å². The minimum Gasteiger partial charge on any atom is -0.583 e. The minimum atomic E-state index is -2.67. The van der Waals surface area contributed by atoms with E-state index in [0.29, 0.717) is 12.0 Å². The summed E-state index contributed by atoms with van der Waals surface area (Å²) in [6.45, 7) is -2.43. The molecule has 4 N–H and O–H groups in total. The molecule has 2 heterocycles. The fourth-order valence-corrected chi connectivity index (χ4v) is 3.65. The maximum Gasteiger partial charge on any atom is 0.240 e. The van der Waals surface area contributed by atoms with Gasteiger partial charge in [-0.2, -0.15) is 0 Å². The number of carbonyl (C=O) groups excluding carboxylic acids is 3. The molecular formula is C18H24BN2O8-3. The van der Waals surface area contributed by atoms with Crippen molar-refractivity contribution in [2.75, 3.05) is 13.1 Å². The lowest BCUT2D eigenvalue weighted by Crippen LogP contribution is -2.60. The second-order valence-electron chi connectivity index (χ2n) is 7.41. The lowest BCUT2D eigenvalue weighted by molar-refractivity contribution is -0.306. The first kappa shape index (κ1) is 22.7. The number of aromatic carboxylic acids is 1. The number of aliphatic carboxylic acids is 1. The standard InChI is InChI=1S/C17H22BN2O8.CH4/c19-12(5-14(21)22)16(23)20-7-10(8-20)28-13-2-1-9-3-4-18(26,27)6-11(9)15(13)17(24)25;/h1-2,10,12,26-27H,3-8,19H2,(H,21,22)(H,24,25);1H4/q-1;/p-2/t12-;/m0./s1. The molecule has 0 saturated carbocycles. The van der Waals surface area contributed by atoms with Gasteiger partial charge in [-0.15, -0.1) is 12.6 Å². The molecule has 0 spiro atoms. The van der Waals surface area contributed by atoms with Crippen molar-refractivity contribution >= 4 is 24.4 Å². The number of benzene rings is 1. The summed E-state index contributed by atoms with van der Waals surface area (Å²) in [5.74, 6) is -3.43. The molecule has 11 heteroatoms. The van der Waals surface area contributed by atoms with E-state index in [1.165, 1.54) is 11.0 Å². The van der Waals surface area contributed by atoms with Gasteiger partial charge in [0.1, 0.15) is 11.9 Å². The summed E-state index contributed by atoms with van der Waals surface area (Å²) in [7, 11) is 0. The Kier molecular flexibility index (Phi) is 6.56. The number of hydrogen-bond donors (Lipinski definition) is 3. The molecule has 0 unspecified atom stereocenters. The van der Waals surface area contributed by atoms with Crippen molar-refractivity contribution < 1.29 is 39.4 Å². The van der Waals surface area contributed by atoms with Crippen molar-refractivity contribution in [3.63, 3.8) is 0 Å². The molecule has 2 aliphatic heterocycles. The van der Waals surface area contributed by atoms with Crippen molar-refractivity contribution in [2.45, 2.75) is 45.1 Å². The van der Waals surface area contributed by atoms with Gasteiger partial charge in [0.25, 0.3) is 0 Å². The molecule has 0 aliphatic carbocycles. The summed E-state index contributed by atoms with van der Waals surface area (Å²) in [4.78, 5) is 35.5.